The second-order valence-electron chi connectivity index (χ2n) is 9.57. The molecule has 0 radical (unpaired) electrons. The summed E-state index contributed by atoms with van der Waals surface area (Å²) in [6.45, 7) is 6.36. The van der Waals surface area contributed by atoms with Gasteiger partial charge in [0.1, 0.15) is 29.5 Å². The molecule has 0 bridgehead atoms. The van der Waals surface area contributed by atoms with Gasteiger partial charge in [0.15, 0.2) is 0 Å². The number of rotatable bonds is 7. The fraction of sp³-hybridized carbons (Fsp3) is 0.462. The Kier molecular flexibility index (Phi) is 6.17. The highest BCUT2D eigenvalue weighted by Gasteiger charge is 2.36. The molecule has 1 aromatic carbocycles. The lowest BCUT2D eigenvalue weighted by molar-refractivity contribution is -0.130. The molecule has 3 heterocycles. The summed E-state index contributed by atoms with van der Waals surface area (Å²) >= 11 is 0. The summed E-state index contributed by atoms with van der Waals surface area (Å²) in [5, 5.41) is 2.78. The van der Waals surface area contributed by atoms with Crippen LogP contribution in [0.3, 0.4) is 0 Å². The Morgan fingerprint density at radius 3 is 2.77 bits per heavy atom. The minimum Gasteiger partial charge on any atom is -0.493 e. The molecule has 35 heavy (non-hydrogen) atoms. The van der Waals surface area contributed by atoms with Crippen molar-refractivity contribution in [3.8, 4) is 17.0 Å². The number of aromatic nitrogens is 3. The number of aryl methyl sites for hydroxylation is 2. The summed E-state index contributed by atoms with van der Waals surface area (Å²) in [6.07, 6.45) is 2.81. The van der Waals surface area contributed by atoms with E-state index in [-0.39, 0.29) is 19.0 Å². The second-order valence-corrected chi connectivity index (χ2v) is 9.57. The number of nitrogens with one attached hydrogen (secondary N) is 2. The molecule has 2 N–H and O–H groups in total. The first kappa shape index (κ1) is 23.3. The van der Waals surface area contributed by atoms with Gasteiger partial charge >= 0.3 is 0 Å². The zero-order chi connectivity index (χ0) is 24.7. The summed E-state index contributed by atoms with van der Waals surface area (Å²) in [5.41, 5.74) is 4.60. The molecule has 1 saturated heterocycles. The highest BCUT2D eigenvalue weighted by Crippen LogP contribution is 2.37. The standard InChI is InChI=1S/C26H30FN5O3/c1-4-21(33)32-10-18(27)19(11-32)31-26(34)22-15(3)30-25-23(28-13-29-24(22)25)17-9-14(2)5-8-20(17)35-12-16-6-7-16/h5,8-9,13,16,18-19,30H,4,6-7,10-12H2,1-3H3,(H,31,34)/t18-,19+/m0/s1. The van der Waals surface area contributed by atoms with E-state index in [0.29, 0.717) is 46.9 Å². The molecule has 1 aliphatic heterocycles. The molecule has 2 fully saturated rings. The molecule has 8 nitrogen and oxygen atoms in total. The molecular weight excluding hydrogens is 449 g/mol. The number of benzene rings is 1. The fourth-order valence-corrected chi connectivity index (χ4v) is 4.62. The zero-order valence-electron chi connectivity index (χ0n) is 20.2. The Balaban J connectivity index is 1.46. The van der Waals surface area contributed by atoms with Crippen molar-refractivity contribution in [1.82, 2.24) is 25.2 Å². The molecule has 9 heteroatoms. The minimum atomic E-state index is -1.32. The van der Waals surface area contributed by atoms with Gasteiger partial charge in [-0.05, 0) is 44.7 Å². The largest absolute Gasteiger partial charge is 0.493 e. The number of hydrogen-bond acceptors (Lipinski definition) is 5. The topological polar surface area (TPSA) is 100 Å². The summed E-state index contributed by atoms with van der Waals surface area (Å²) in [5.74, 6) is 0.804. The van der Waals surface area contributed by atoms with Crippen LogP contribution in [0.5, 0.6) is 5.75 Å². The number of hydrogen-bond donors (Lipinski definition) is 2. The molecule has 184 valence electrons. The SMILES string of the molecule is CCC(=O)N1C[C@H](F)[C@H](NC(=O)c2c(C)[nH]c3c(-c4cc(C)ccc4OCC4CC4)ncnc23)C1. The Labute approximate surface area is 203 Å². The summed E-state index contributed by atoms with van der Waals surface area (Å²) in [6, 6.07) is 5.22. The average molecular weight is 480 g/mol. The predicted molar refractivity (Wildman–Crippen MR) is 130 cm³/mol. The van der Waals surface area contributed by atoms with E-state index in [9.17, 15) is 14.0 Å². The maximum absolute atomic E-state index is 14.6. The van der Waals surface area contributed by atoms with Crippen LogP contribution in [0.1, 0.15) is 47.8 Å². The van der Waals surface area contributed by atoms with E-state index < -0.39 is 18.1 Å². The van der Waals surface area contributed by atoms with E-state index in [2.05, 4.69) is 20.3 Å². The van der Waals surface area contributed by atoms with Crippen molar-refractivity contribution in [2.24, 2.45) is 5.92 Å². The maximum atomic E-state index is 14.6. The van der Waals surface area contributed by atoms with E-state index in [4.69, 9.17) is 4.74 Å². The number of H-pyrrole nitrogens is 1. The number of fused-ring (bicyclic) bond motifs is 1. The molecule has 0 spiro atoms. The number of ether oxygens (including phenoxy) is 1. The van der Waals surface area contributed by atoms with Crippen LogP contribution >= 0.6 is 0 Å². The Morgan fingerprint density at radius 2 is 2.03 bits per heavy atom. The second kappa shape index (κ2) is 9.28. The molecule has 3 aromatic rings. The van der Waals surface area contributed by atoms with Gasteiger partial charge in [-0.3, -0.25) is 9.59 Å². The van der Waals surface area contributed by atoms with Gasteiger partial charge in [0.25, 0.3) is 5.91 Å². The predicted octanol–water partition coefficient (Wildman–Crippen LogP) is 3.72. The number of alkyl halides is 1. The smallest absolute Gasteiger partial charge is 0.255 e. The maximum Gasteiger partial charge on any atom is 0.255 e. The monoisotopic (exact) mass is 479 g/mol. The number of carbonyl (C=O) groups is 2. The Bertz CT molecular complexity index is 1290. The zero-order valence-corrected chi connectivity index (χ0v) is 20.2. The highest BCUT2D eigenvalue weighted by atomic mass is 19.1. The summed E-state index contributed by atoms with van der Waals surface area (Å²) in [7, 11) is 0. The van der Waals surface area contributed by atoms with Crippen LogP contribution in [0.25, 0.3) is 22.3 Å². The lowest BCUT2D eigenvalue weighted by atomic mass is 10.1. The van der Waals surface area contributed by atoms with Crippen LogP contribution in [0, 0.1) is 19.8 Å². The van der Waals surface area contributed by atoms with Gasteiger partial charge in [-0.2, -0.15) is 0 Å². The third kappa shape index (κ3) is 4.59. The highest BCUT2D eigenvalue weighted by molar-refractivity contribution is 6.09. The van der Waals surface area contributed by atoms with Crippen LogP contribution in [0.4, 0.5) is 4.39 Å². The molecule has 2 amide bonds. The van der Waals surface area contributed by atoms with Gasteiger partial charge in [0, 0.05) is 24.2 Å². The van der Waals surface area contributed by atoms with Gasteiger partial charge in [-0.15, -0.1) is 0 Å². The lowest BCUT2D eigenvalue weighted by Crippen LogP contribution is -2.42. The van der Waals surface area contributed by atoms with Crippen molar-refractivity contribution in [3.63, 3.8) is 0 Å². The Hall–Kier alpha value is -3.49. The van der Waals surface area contributed by atoms with Crippen LogP contribution < -0.4 is 10.1 Å². The molecule has 0 unspecified atom stereocenters. The van der Waals surface area contributed by atoms with E-state index in [1.54, 1.807) is 13.8 Å². The van der Waals surface area contributed by atoms with Crippen molar-refractivity contribution < 1.29 is 18.7 Å². The Morgan fingerprint density at radius 1 is 1.23 bits per heavy atom. The van der Waals surface area contributed by atoms with E-state index in [0.717, 1.165) is 16.9 Å². The minimum absolute atomic E-state index is 0.00615. The van der Waals surface area contributed by atoms with Gasteiger partial charge in [0.2, 0.25) is 5.91 Å². The van der Waals surface area contributed by atoms with E-state index in [1.807, 2.05) is 25.1 Å². The molecule has 2 aliphatic rings. The molecule has 2 atom stereocenters. The summed E-state index contributed by atoms with van der Waals surface area (Å²) < 4.78 is 20.7. The van der Waals surface area contributed by atoms with Crippen molar-refractivity contribution >= 4 is 22.8 Å². The number of amides is 2. The number of halogens is 1. The van der Waals surface area contributed by atoms with Crippen molar-refractivity contribution in [3.05, 3.63) is 41.3 Å². The molecule has 5 rings (SSSR count). The lowest BCUT2D eigenvalue weighted by Gasteiger charge is -2.16. The molecular formula is C26H30FN5O3. The van der Waals surface area contributed by atoms with Crippen molar-refractivity contribution in [2.75, 3.05) is 19.7 Å². The molecule has 2 aromatic heterocycles. The number of likely N-dealkylation sites (tertiary alicyclic amines) is 1. The van der Waals surface area contributed by atoms with Crippen LogP contribution in [0.15, 0.2) is 24.5 Å². The first-order valence-electron chi connectivity index (χ1n) is 12.2. The van der Waals surface area contributed by atoms with Crippen molar-refractivity contribution in [1.29, 1.82) is 0 Å². The van der Waals surface area contributed by atoms with E-state index >= 15 is 0 Å². The van der Waals surface area contributed by atoms with Crippen molar-refractivity contribution in [2.45, 2.75) is 52.2 Å². The quantitative estimate of drug-likeness (QED) is 0.538. The van der Waals surface area contributed by atoms with Gasteiger partial charge < -0.3 is 19.9 Å². The fourth-order valence-electron chi connectivity index (χ4n) is 4.62. The van der Waals surface area contributed by atoms with Crippen LogP contribution in [-0.2, 0) is 4.79 Å². The number of carbonyl (C=O) groups excluding carboxylic acids is 2. The van der Waals surface area contributed by atoms with Crippen LogP contribution in [-0.4, -0.2) is 63.6 Å². The van der Waals surface area contributed by atoms with E-state index in [1.165, 1.54) is 24.1 Å². The van der Waals surface area contributed by atoms with Gasteiger partial charge in [-0.25, -0.2) is 14.4 Å². The molecule has 1 saturated carbocycles. The molecule has 1 aliphatic carbocycles. The third-order valence-electron chi connectivity index (χ3n) is 6.78. The third-order valence-corrected chi connectivity index (χ3v) is 6.78. The first-order valence-corrected chi connectivity index (χ1v) is 12.2. The average Bonchev–Trinajstić information content (AvgIpc) is 3.51. The number of nitrogens with zero attached hydrogens (tertiary/aromatic N) is 3. The van der Waals surface area contributed by atoms with Crippen LogP contribution in [0.2, 0.25) is 0 Å². The van der Waals surface area contributed by atoms with Gasteiger partial charge in [0.05, 0.1) is 30.3 Å². The first-order chi connectivity index (χ1) is 16.9. The number of aromatic amines is 1. The summed E-state index contributed by atoms with van der Waals surface area (Å²) in [4.78, 5) is 38.9. The van der Waals surface area contributed by atoms with Gasteiger partial charge in [-0.1, -0.05) is 18.6 Å². The normalized spacial score (nSPS) is 19.8.